The Labute approximate surface area is 154 Å². The van der Waals surface area contributed by atoms with Crippen LogP contribution in [0.1, 0.15) is 12.8 Å². The van der Waals surface area contributed by atoms with Gasteiger partial charge in [0, 0.05) is 6.54 Å². The Balaban J connectivity index is 1.68. The zero-order valence-corrected chi connectivity index (χ0v) is 15.5. The molecule has 140 valence electrons. The predicted molar refractivity (Wildman–Crippen MR) is 100 cm³/mol. The van der Waals surface area contributed by atoms with E-state index >= 15 is 0 Å². The van der Waals surface area contributed by atoms with Crippen molar-refractivity contribution in [2.75, 3.05) is 32.5 Å². The second-order valence-corrected chi connectivity index (χ2v) is 7.97. The first-order valence-corrected chi connectivity index (χ1v) is 10.4. The van der Waals surface area contributed by atoms with Crippen LogP contribution in [0.25, 0.3) is 11.1 Å². The lowest BCUT2D eigenvalue weighted by Crippen LogP contribution is -2.25. The van der Waals surface area contributed by atoms with Gasteiger partial charge in [0.1, 0.15) is 12.4 Å². The van der Waals surface area contributed by atoms with Gasteiger partial charge in [0.15, 0.2) is 11.5 Å². The quantitative estimate of drug-likeness (QED) is 0.748. The number of likely N-dealkylation sites (tertiary alicyclic amines) is 1. The van der Waals surface area contributed by atoms with E-state index in [0.717, 1.165) is 37.0 Å². The molecule has 1 N–H and O–H groups in total. The number of phenolic OH excluding ortho intramolecular Hbond substituents is 1. The Morgan fingerprint density at radius 2 is 1.69 bits per heavy atom. The van der Waals surface area contributed by atoms with Crippen molar-refractivity contribution in [3.63, 3.8) is 0 Å². The zero-order chi connectivity index (χ0) is 18.6. The van der Waals surface area contributed by atoms with Crippen LogP contribution in [0.4, 0.5) is 0 Å². The first-order valence-electron chi connectivity index (χ1n) is 8.59. The first-order chi connectivity index (χ1) is 12.4. The van der Waals surface area contributed by atoms with Gasteiger partial charge in [0.05, 0.1) is 6.26 Å². The molecule has 6 nitrogen and oxygen atoms in total. The fourth-order valence-electron chi connectivity index (χ4n) is 2.98. The van der Waals surface area contributed by atoms with E-state index in [2.05, 4.69) is 4.90 Å². The lowest BCUT2D eigenvalue weighted by molar-refractivity contribution is 0.231. The van der Waals surface area contributed by atoms with Crippen LogP contribution in [-0.2, 0) is 10.1 Å². The minimum atomic E-state index is -3.54. The second-order valence-electron chi connectivity index (χ2n) is 6.39. The summed E-state index contributed by atoms with van der Waals surface area (Å²) >= 11 is 0. The third-order valence-electron chi connectivity index (χ3n) is 4.26. The van der Waals surface area contributed by atoms with Gasteiger partial charge < -0.3 is 14.0 Å². The summed E-state index contributed by atoms with van der Waals surface area (Å²) in [6.07, 6.45) is 3.48. The summed E-state index contributed by atoms with van der Waals surface area (Å²) < 4.78 is 32.9. The van der Waals surface area contributed by atoms with E-state index in [1.54, 1.807) is 42.5 Å². The van der Waals surface area contributed by atoms with E-state index in [9.17, 15) is 13.5 Å². The highest BCUT2D eigenvalue weighted by atomic mass is 32.2. The van der Waals surface area contributed by atoms with Gasteiger partial charge in [-0.2, -0.15) is 8.42 Å². The molecule has 0 atom stereocenters. The van der Waals surface area contributed by atoms with Gasteiger partial charge in [-0.1, -0.05) is 18.2 Å². The number of aromatic hydroxyl groups is 1. The van der Waals surface area contributed by atoms with E-state index < -0.39 is 10.1 Å². The fourth-order valence-corrected chi connectivity index (χ4v) is 3.44. The Hall–Kier alpha value is -2.25. The van der Waals surface area contributed by atoms with Crippen molar-refractivity contribution in [2.24, 2.45) is 0 Å². The number of rotatable bonds is 7. The largest absolute Gasteiger partial charge is 0.504 e. The number of hydrogen-bond donors (Lipinski definition) is 1. The maximum Gasteiger partial charge on any atom is 0.306 e. The lowest BCUT2D eigenvalue weighted by Gasteiger charge is -2.16. The Bertz CT molecular complexity index is 843. The van der Waals surface area contributed by atoms with Crippen LogP contribution < -0.4 is 8.92 Å². The molecule has 1 saturated heterocycles. The van der Waals surface area contributed by atoms with Gasteiger partial charge >= 0.3 is 10.1 Å². The molecule has 2 aromatic carbocycles. The molecule has 0 spiro atoms. The van der Waals surface area contributed by atoms with Gasteiger partial charge in [-0.25, -0.2) is 0 Å². The molecule has 0 bridgehead atoms. The summed E-state index contributed by atoms with van der Waals surface area (Å²) in [7, 11) is -3.54. The first kappa shape index (κ1) is 18.5. The van der Waals surface area contributed by atoms with E-state index in [-0.39, 0.29) is 11.5 Å². The average Bonchev–Trinajstić information content (AvgIpc) is 3.09. The summed E-state index contributed by atoms with van der Waals surface area (Å²) in [5, 5.41) is 10.0. The van der Waals surface area contributed by atoms with E-state index in [4.69, 9.17) is 8.92 Å². The van der Waals surface area contributed by atoms with Crippen LogP contribution >= 0.6 is 0 Å². The molecule has 0 unspecified atom stereocenters. The van der Waals surface area contributed by atoms with Crippen LogP contribution in [0.5, 0.6) is 17.2 Å². The van der Waals surface area contributed by atoms with Crippen molar-refractivity contribution in [3.8, 4) is 28.4 Å². The SMILES string of the molecule is CS(=O)(=O)Oc1ccc(-c2ccc(O)c(OCCN3CCCC3)c2)cc1. The van der Waals surface area contributed by atoms with Gasteiger partial charge in [-0.3, -0.25) is 4.90 Å². The number of benzene rings is 2. The molecule has 0 aliphatic carbocycles. The highest BCUT2D eigenvalue weighted by molar-refractivity contribution is 7.86. The number of ether oxygens (including phenoxy) is 1. The molecule has 1 heterocycles. The van der Waals surface area contributed by atoms with Crippen LogP contribution in [0.15, 0.2) is 42.5 Å². The van der Waals surface area contributed by atoms with Crippen molar-refractivity contribution in [1.82, 2.24) is 4.90 Å². The van der Waals surface area contributed by atoms with Gasteiger partial charge in [0.25, 0.3) is 0 Å². The van der Waals surface area contributed by atoms with Crippen molar-refractivity contribution in [3.05, 3.63) is 42.5 Å². The molecule has 0 aromatic heterocycles. The van der Waals surface area contributed by atoms with Gasteiger partial charge in [0.2, 0.25) is 0 Å². The third-order valence-corrected chi connectivity index (χ3v) is 4.75. The van der Waals surface area contributed by atoms with Crippen molar-refractivity contribution < 1.29 is 22.4 Å². The van der Waals surface area contributed by atoms with Crippen LogP contribution in [0.2, 0.25) is 0 Å². The Morgan fingerprint density at radius 1 is 1.04 bits per heavy atom. The maximum absolute atomic E-state index is 11.2. The Kier molecular flexibility index (Phi) is 5.68. The lowest BCUT2D eigenvalue weighted by atomic mass is 10.1. The van der Waals surface area contributed by atoms with E-state index in [1.807, 2.05) is 0 Å². The van der Waals surface area contributed by atoms with Gasteiger partial charge in [-0.05, 0) is 61.3 Å². The van der Waals surface area contributed by atoms with Crippen molar-refractivity contribution >= 4 is 10.1 Å². The normalized spacial score (nSPS) is 15.1. The van der Waals surface area contributed by atoms with E-state index in [1.165, 1.54) is 12.8 Å². The minimum Gasteiger partial charge on any atom is -0.504 e. The summed E-state index contributed by atoms with van der Waals surface area (Å²) in [6.45, 7) is 3.59. The zero-order valence-electron chi connectivity index (χ0n) is 14.7. The monoisotopic (exact) mass is 377 g/mol. The molecule has 0 saturated carbocycles. The standard InChI is InChI=1S/C19H23NO5S/c1-26(22,23)25-17-7-4-15(5-8-17)16-6-9-18(21)19(14-16)24-13-12-20-10-2-3-11-20/h4-9,14,21H,2-3,10-13H2,1H3. The summed E-state index contributed by atoms with van der Waals surface area (Å²) in [6, 6.07) is 11.9. The number of hydrogen-bond acceptors (Lipinski definition) is 6. The molecule has 1 fully saturated rings. The predicted octanol–water partition coefficient (Wildman–Crippen LogP) is 2.87. The average molecular weight is 377 g/mol. The van der Waals surface area contributed by atoms with Crippen LogP contribution in [0, 0.1) is 0 Å². The molecule has 0 amide bonds. The topological polar surface area (TPSA) is 76.1 Å². The molecule has 26 heavy (non-hydrogen) atoms. The Morgan fingerprint density at radius 3 is 2.35 bits per heavy atom. The summed E-state index contributed by atoms with van der Waals surface area (Å²) in [4.78, 5) is 2.35. The molecule has 3 rings (SSSR count). The second kappa shape index (κ2) is 7.97. The van der Waals surface area contributed by atoms with Crippen LogP contribution in [-0.4, -0.2) is 50.9 Å². The number of phenols is 1. The highest BCUT2D eigenvalue weighted by Gasteiger charge is 2.12. The van der Waals surface area contributed by atoms with Crippen LogP contribution in [0.3, 0.4) is 0 Å². The number of nitrogens with zero attached hydrogens (tertiary/aromatic N) is 1. The maximum atomic E-state index is 11.2. The van der Waals surface area contributed by atoms with Crippen molar-refractivity contribution in [2.45, 2.75) is 12.8 Å². The molecule has 2 aromatic rings. The molecule has 1 aliphatic rings. The van der Waals surface area contributed by atoms with Crippen molar-refractivity contribution in [1.29, 1.82) is 0 Å². The third kappa shape index (κ3) is 5.12. The molecular formula is C19H23NO5S. The molecule has 0 radical (unpaired) electrons. The van der Waals surface area contributed by atoms with Gasteiger partial charge in [-0.15, -0.1) is 0 Å². The molecule has 7 heteroatoms. The van der Waals surface area contributed by atoms with E-state index in [0.29, 0.717) is 12.4 Å². The minimum absolute atomic E-state index is 0.104. The fraction of sp³-hybridized carbons (Fsp3) is 0.368. The summed E-state index contributed by atoms with van der Waals surface area (Å²) in [5.41, 5.74) is 1.74. The summed E-state index contributed by atoms with van der Waals surface area (Å²) in [5.74, 6) is 0.808. The molecule has 1 aliphatic heterocycles. The highest BCUT2D eigenvalue weighted by Crippen LogP contribution is 2.32. The smallest absolute Gasteiger partial charge is 0.306 e. The molecular weight excluding hydrogens is 354 g/mol.